The molecule has 24 heavy (non-hydrogen) atoms. The molecule has 0 aliphatic carbocycles. The second kappa shape index (κ2) is 7.59. The van der Waals surface area contributed by atoms with Gasteiger partial charge >= 0.3 is 0 Å². The Labute approximate surface area is 143 Å². The van der Waals surface area contributed by atoms with Crippen LogP contribution in [0.5, 0.6) is 0 Å². The number of hydrogen-bond acceptors (Lipinski definition) is 3. The van der Waals surface area contributed by atoms with Gasteiger partial charge in [-0.25, -0.2) is 13.1 Å². The SMILES string of the molecule is CC(=O)N(CCNS(=O)(=O)c1ccc(C)cc1C)c1ccccc1. The highest BCUT2D eigenvalue weighted by Gasteiger charge is 2.18. The molecule has 128 valence electrons. The molecular formula is C18H22N2O3S. The fraction of sp³-hybridized carbons (Fsp3) is 0.278. The first-order chi connectivity index (χ1) is 11.3. The highest BCUT2D eigenvalue weighted by Crippen LogP contribution is 2.16. The first-order valence-electron chi connectivity index (χ1n) is 7.71. The number of carbonyl (C=O) groups is 1. The molecule has 0 fully saturated rings. The van der Waals surface area contributed by atoms with Crippen LogP contribution in [0.1, 0.15) is 18.1 Å². The van der Waals surface area contributed by atoms with Crippen LogP contribution in [0.15, 0.2) is 53.4 Å². The van der Waals surface area contributed by atoms with E-state index in [0.717, 1.165) is 11.3 Å². The minimum absolute atomic E-state index is 0.132. The van der Waals surface area contributed by atoms with Crippen molar-refractivity contribution >= 4 is 21.6 Å². The summed E-state index contributed by atoms with van der Waals surface area (Å²) in [5.41, 5.74) is 2.46. The molecule has 2 rings (SSSR count). The van der Waals surface area contributed by atoms with Crippen LogP contribution in [0.2, 0.25) is 0 Å². The molecule has 0 spiro atoms. The summed E-state index contributed by atoms with van der Waals surface area (Å²) >= 11 is 0. The van der Waals surface area contributed by atoms with Gasteiger partial charge in [0.2, 0.25) is 15.9 Å². The normalized spacial score (nSPS) is 11.3. The maximum atomic E-state index is 12.4. The van der Waals surface area contributed by atoms with E-state index in [0.29, 0.717) is 5.56 Å². The lowest BCUT2D eigenvalue weighted by Gasteiger charge is -2.21. The summed E-state index contributed by atoms with van der Waals surface area (Å²) in [7, 11) is -3.60. The zero-order valence-electron chi connectivity index (χ0n) is 14.1. The number of amides is 1. The highest BCUT2D eigenvalue weighted by atomic mass is 32.2. The van der Waals surface area contributed by atoms with Gasteiger partial charge in [0.05, 0.1) is 4.90 Å². The molecule has 1 N–H and O–H groups in total. The zero-order chi connectivity index (χ0) is 17.7. The number of sulfonamides is 1. The number of hydrogen-bond donors (Lipinski definition) is 1. The molecule has 0 radical (unpaired) electrons. The van der Waals surface area contributed by atoms with E-state index in [1.807, 2.05) is 43.3 Å². The van der Waals surface area contributed by atoms with Gasteiger partial charge in [-0.3, -0.25) is 4.79 Å². The molecular weight excluding hydrogens is 324 g/mol. The molecule has 6 heteroatoms. The quantitative estimate of drug-likeness (QED) is 0.874. The van der Waals surface area contributed by atoms with E-state index < -0.39 is 10.0 Å². The van der Waals surface area contributed by atoms with E-state index >= 15 is 0 Å². The van der Waals surface area contributed by atoms with Crippen molar-refractivity contribution in [3.8, 4) is 0 Å². The van der Waals surface area contributed by atoms with Crippen LogP contribution in [0.25, 0.3) is 0 Å². The van der Waals surface area contributed by atoms with Gasteiger partial charge in [-0.1, -0.05) is 35.9 Å². The molecule has 0 atom stereocenters. The molecule has 0 heterocycles. The Hall–Kier alpha value is -2.18. The lowest BCUT2D eigenvalue weighted by atomic mass is 10.2. The summed E-state index contributed by atoms with van der Waals surface area (Å²) in [6.45, 7) is 5.56. The van der Waals surface area contributed by atoms with Crippen molar-refractivity contribution in [3.63, 3.8) is 0 Å². The molecule has 0 aromatic heterocycles. The van der Waals surface area contributed by atoms with E-state index in [1.165, 1.54) is 6.92 Å². The Bertz CT molecular complexity index is 817. The van der Waals surface area contributed by atoms with Crippen LogP contribution in [0.4, 0.5) is 5.69 Å². The van der Waals surface area contributed by atoms with Crippen molar-refractivity contribution in [2.75, 3.05) is 18.0 Å². The number of para-hydroxylation sites is 1. The highest BCUT2D eigenvalue weighted by molar-refractivity contribution is 7.89. The molecule has 2 aromatic rings. The Morgan fingerprint density at radius 1 is 1.08 bits per heavy atom. The second-order valence-corrected chi connectivity index (χ2v) is 7.41. The van der Waals surface area contributed by atoms with Crippen LogP contribution in [0.3, 0.4) is 0 Å². The number of anilines is 1. The maximum Gasteiger partial charge on any atom is 0.240 e. The minimum atomic E-state index is -3.60. The van der Waals surface area contributed by atoms with Gasteiger partial charge in [0.15, 0.2) is 0 Å². The van der Waals surface area contributed by atoms with Crippen molar-refractivity contribution in [2.45, 2.75) is 25.7 Å². The van der Waals surface area contributed by atoms with Crippen LogP contribution in [0, 0.1) is 13.8 Å². The van der Waals surface area contributed by atoms with Gasteiger partial charge in [0.1, 0.15) is 0 Å². The summed E-state index contributed by atoms with van der Waals surface area (Å²) in [6.07, 6.45) is 0. The topological polar surface area (TPSA) is 66.5 Å². The Kier molecular flexibility index (Phi) is 5.75. The standard InChI is InChI=1S/C18H22N2O3S/c1-14-9-10-18(15(2)13-14)24(22,23)19-11-12-20(16(3)21)17-7-5-4-6-8-17/h4-10,13,19H,11-12H2,1-3H3. The predicted molar refractivity (Wildman–Crippen MR) is 95.6 cm³/mol. The number of carbonyl (C=O) groups excluding carboxylic acids is 1. The first kappa shape index (κ1) is 18.2. The van der Waals surface area contributed by atoms with E-state index in [9.17, 15) is 13.2 Å². The molecule has 5 nitrogen and oxygen atoms in total. The smallest absolute Gasteiger partial charge is 0.240 e. The molecule has 0 aliphatic heterocycles. The summed E-state index contributed by atoms with van der Waals surface area (Å²) in [5, 5.41) is 0. The van der Waals surface area contributed by atoms with Crippen molar-refractivity contribution < 1.29 is 13.2 Å². The Morgan fingerprint density at radius 3 is 2.33 bits per heavy atom. The molecule has 0 unspecified atom stereocenters. The lowest BCUT2D eigenvalue weighted by molar-refractivity contribution is -0.116. The average Bonchev–Trinajstić information content (AvgIpc) is 2.51. The summed E-state index contributed by atoms with van der Waals surface area (Å²) in [6, 6.07) is 14.4. The van der Waals surface area contributed by atoms with Crippen molar-refractivity contribution in [1.82, 2.24) is 4.72 Å². The summed E-state index contributed by atoms with van der Waals surface area (Å²) in [5.74, 6) is -0.132. The number of nitrogens with zero attached hydrogens (tertiary/aromatic N) is 1. The van der Waals surface area contributed by atoms with E-state index in [4.69, 9.17) is 0 Å². The van der Waals surface area contributed by atoms with Crippen molar-refractivity contribution in [1.29, 1.82) is 0 Å². The molecule has 0 bridgehead atoms. The Morgan fingerprint density at radius 2 is 1.75 bits per heavy atom. The molecule has 0 aliphatic rings. The molecule has 0 saturated carbocycles. The van der Waals surface area contributed by atoms with Gasteiger partial charge < -0.3 is 4.90 Å². The third-order valence-electron chi connectivity index (χ3n) is 3.70. The van der Waals surface area contributed by atoms with Crippen molar-refractivity contribution in [2.24, 2.45) is 0 Å². The third kappa shape index (κ3) is 4.43. The minimum Gasteiger partial charge on any atom is -0.311 e. The van der Waals surface area contributed by atoms with Gasteiger partial charge in [0, 0.05) is 25.7 Å². The van der Waals surface area contributed by atoms with Gasteiger partial charge in [-0.05, 0) is 37.6 Å². The van der Waals surface area contributed by atoms with Crippen LogP contribution >= 0.6 is 0 Å². The number of aryl methyl sites for hydroxylation is 2. The average molecular weight is 346 g/mol. The largest absolute Gasteiger partial charge is 0.311 e. The van der Waals surface area contributed by atoms with Gasteiger partial charge in [-0.2, -0.15) is 0 Å². The monoisotopic (exact) mass is 346 g/mol. The fourth-order valence-corrected chi connectivity index (χ4v) is 3.79. The van der Waals surface area contributed by atoms with Crippen LogP contribution in [-0.4, -0.2) is 27.4 Å². The Balaban J connectivity index is 2.07. The molecule has 0 saturated heterocycles. The predicted octanol–water partition coefficient (Wildman–Crippen LogP) is 2.63. The fourth-order valence-electron chi connectivity index (χ4n) is 2.55. The number of rotatable bonds is 6. The van der Waals surface area contributed by atoms with E-state index in [1.54, 1.807) is 24.0 Å². The molecule has 2 aromatic carbocycles. The van der Waals surface area contributed by atoms with E-state index in [-0.39, 0.29) is 23.9 Å². The number of nitrogens with one attached hydrogen (secondary N) is 1. The van der Waals surface area contributed by atoms with Gasteiger partial charge in [-0.15, -0.1) is 0 Å². The lowest BCUT2D eigenvalue weighted by Crippen LogP contribution is -2.37. The summed E-state index contributed by atoms with van der Waals surface area (Å²) in [4.78, 5) is 13.6. The zero-order valence-corrected chi connectivity index (χ0v) is 14.9. The van der Waals surface area contributed by atoms with E-state index in [2.05, 4.69) is 4.72 Å². The van der Waals surface area contributed by atoms with Crippen LogP contribution < -0.4 is 9.62 Å². The maximum absolute atomic E-state index is 12.4. The second-order valence-electron chi connectivity index (χ2n) is 5.67. The van der Waals surface area contributed by atoms with Crippen molar-refractivity contribution in [3.05, 3.63) is 59.7 Å². The van der Waals surface area contributed by atoms with Crippen LogP contribution in [-0.2, 0) is 14.8 Å². The number of benzene rings is 2. The first-order valence-corrected chi connectivity index (χ1v) is 9.19. The molecule has 1 amide bonds. The van der Waals surface area contributed by atoms with Gasteiger partial charge in [0.25, 0.3) is 0 Å². The third-order valence-corrected chi connectivity index (χ3v) is 5.32. The summed E-state index contributed by atoms with van der Waals surface area (Å²) < 4.78 is 27.4.